The number of esters is 1. The maximum absolute atomic E-state index is 13.4. The number of nitrogens with zero attached hydrogens (tertiary/aromatic N) is 1. The Morgan fingerprint density at radius 1 is 0.939 bits per heavy atom. The van der Waals surface area contributed by atoms with Crippen molar-refractivity contribution in [1.82, 2.24) is 0 Å². The van der Waals surface area contributed by atoms with Gasteiger partial charge in [0.1, 0.15) is 12.4 Å². The molecule has 166 valence electrons. The van der Waals surface area contributed by atoms with Crippen LogP contribution in [0.2, 0.25) is 0 Å². The molecular formula is C28H25NO4. The number of amides is 1. The lowest BCUT2D eigenvalue weighted by Crippen LogP contribution is -2.24. The van der Waals surface area contributed by atoms with Crippen LogP contribution in [-0.2, 0) is 20.9 Å². The van der Waals surface area contributed by atoms with Gasteiger partial charge < -0.3 is 9.47 Å². The van der Waals surface area contributed by atoms with Gasteiger partial charge in [0.05, 0.1) is 17.8 Å². The van der Waals surface area contributed by atoms with Gasteiger partial charge in [0.15, 0.2) is 0 Å². The van der Waals surface area contributed by atoms with Crippen LogP contribution in [0, 0.1) is 0 Å². The smallest absolute Gasteiger partial charge is 0.340 e. The van der Waals surface area contributed by atoms with Crippen LogP contribution >= 0.6 is 0 Å². The maximum atomic E-state index is 13.4. The van der Waals surface area contributed by atoms with E-state index in [4.69, 9.17) is 9.47 Å². The van der Waals surface area contributed by atoms with Crippen molar-refractivity contribution in [1.29, 1.82) is 0 Å². The fourth-order valence-electron chi connectivity index (χ4n) is 3.77. The van der Waals surface area contributed by atoms with Crippen molar-refractivity contribution in [3.05, 3.63) is 113 Å². The molecule has 0 aliphatic carbocycles. The van der Waals surface area contributed by atoms with Crippen LogP contribution in [0.15, 0.2) is 102 Å². The fraction of sp³-hybridized carbons (Fsp3) is 0.143. The molecule has 33 heavy (non-hydrogen) atoms. The molecule has 3 aromatic carbocycles. The Balaban J connectivity index is 1.66. The van der Waals surface area contributed by atoms with Gasteiger partial charge in [-0.25, -0.2) is 4.79 Å². The van der Waals surface area contributed by atoms with E-state index in [0.717, 1.165) is 11.1 Å². The second-order valence-electron chi connectivity index (χ2n) is 7.56. The lowest BCUT2D eigenvalue weighted by molar-refractivity contribution is -0.138. The van der Waals surface area contributed by atoms with Crippen molar-refractivity contribution in [2.24, 2.45) is 0 Å². The summed E-state index contributed by atoms with van der Waals surface area (Å²) in [5, 5.41) is 0. The molecule has 0 radical (unpaired) electrons. The number of hydrogen-bond donors (Lipinski definition) is 0. The van der Waals surface area contributed by atoms with E-state index >= 15 is 0 Å². The lowest BCUT2D eigenvalue weighted by atomic mass is 10.0. The lowest BCUT2D eigenvalue weighted by Gasteiger charge is -2.17. The zero-order chi connectivity index (χ0) is 23.2. The van der Waals surface area contributed by atoms with E-state index in [-0.39, 0.29) is 18.1 Å². The molecule has 4 rings (SSSR count). The number of carbonyl (C=O) groups excluding carboxylic acids is 2. The molecule has 0 saturated heterocycles. The highest BCUT2D eigenvalue weighted by Crippen LogP contribution is 2.35. The average Bonchev–Trinajstić information content (AvgIpc) is 3.08. The molecular weight excluding hydrogens is 414 g/mol. The Labute approximate surface area is 193 Å². The van der Waals surface area contributed by atoms with E-state index in [1.807, 2.05) is 84.9 Å². The molecule has 5 heteroatoms. The minimum Gasteiger partial charge on any atom is -0.489 e. The summed E-state index contributed by atoms with van der Waals surface area (Å²) in [6.45, 7) is 4.17. The molecule has 0 atom stereocenters. The zero-order valence-electron chi connectivity index (χ0n) is 18.7. The number of ether oxygens (including phenoxy) is 2. The third-order valence-electron chi connectivity index (χ3n) is 5.31. The maximum Gasteiger partial charge on any atom is 0.340 e. The summed E-state index contributed by atoms with van der Waals surface area (Å²) < 4.78 is 11.2. The van der Waals surface area contributed by atoms with Crippen LogP contribution in [0.1, 0.15) is 25.0 Å². The summed E-state index contributed by atoms with van der Waals surface area (Å²) >= 11 is 0. The first-order valence-corrected chi connectivity index (χ1v) is 10.8. The molecule has 3 aromatic rings. The van der Waals surface area contributed by atoms with Crippen molar-refractivity contribution in [2.45, 2.75) is 20.5 Å². The van der Waals surface area contributed by atoms with Gasteiger partial charge in [-0.3, -0.25) is 9.69 Å². The molecule has 0 spiro atoms. The van der Waals surface area contributed by atoms with Crippen molar-refractivity contribution < 1.29 is 19.1 Å². The number of rotatable bonds is 7. The van der Waals surface area contributed by atoms with Crippen molar-refractivity contribution >= 4 is 23.6 Å². The Morgan fingerprint density at radius 2 is 1.64 bits per heavy atom. The normalized spacial score (nSPS) is 14.7. The molecule has 0 bridgehead atoms. The van der Waals surface area contributed by atoms with Gasteiger partial charge in [-0.05, 0) is 55.3 Å². The monoisotopic (exact) mass is 439 g/mol. The van der Waals surface area contributed by atoms with E-state index in [2.05, 4.69) is 0 Å². The molecule has 5 nitrogen and oxygen atoms in total. The second kappa shape index (κ2) is 10.0. The summed E-state index contributed by atoms with van der Waals surface area (Å²) in [4.78, 5) is 27.7. The SMILES string of the molecule is CCOC(=O)C1=C(C)N(c2ccccc2)C(=O)/C1=C\c1cccc(OCc2ccccc2)c1. The zero-order valence-corrected chi connectivity index (χ0v) is 18.7. The van der Waals surface area contributed by atoms with Gasteiger partial charge in [0.25, 0.3) is 5.91 Å². The van der Waals surface area contributed by atoms with Crippen LogP contribution in [0.25, 0.3) is 6.08 Å². The standard InChI is InChI=1S/C28H25NO4/c1-3-32-28(31)26-20(2)29(23-14-8-5-9-15-23)27(30)25(26)18-22-13-10-16-24(17-22)33-19-21-11-6-4-7-12-21/h4-18H,3,19H2,1-2H3/b25-18-. The predicted octanol–water partition coefficient (Wildman–Crippen LogP) is 5.53. The van der Waals surface area contributed by atoms with Gasteiger partial charge in [0.2, 0.25) is 0 Å². The molecule has 0 unspecified atom stereocenters. The molecule has 0 saturated carbocycles. The van der Waals surface area contributed by atoms with Crippen LogP contribution in [-0.4, -0.2) is 18.5 Å². The van der Waals surface area contributed by atoms with Crippen LogP contribution < -0.4 is 9.64 Å². The van der Waals surface area contributed by atoms with Gasteiger partial charge in [0, 0.05) is 11.4 Å². The molecule has 1 heterocycles. The molecule has 0 N–H and O–H groups in total. The summed E-state index contributed by atoms with van der Waals surface area (Å²) in [6.07, 6.45) is 1.72. The summed E-state index contributed by atoms with van der Waals surface area (Å²) in [5.74, 6) is -0.0983. The number of anilines is 1. The first kappa shape index (κ1) is 22.1. The first-order chi connectivity index (χ1) is 16.1. The molecule has 0 fully saturated rings. The third kappa shape index (κ3) is 4.88. The van der Waals surface area contributed by atoms with E-state index < -0.39 is 5.97 Å². The number of allylic oxidation sites excluding steroid dienone is 1. The molecule has 1 aliphatic rings. The van der Waals surface area contributed by atoms with Crippen LogP contribution in [0.3, 0.4) is 0 Å². The first-order valence-electron chi connectivity index (χ1n) is 10.8. The van der Waals surface area contributed by atoms with E-state index in [1.165, 1.54) is 0 Å². The average molecular weight is 440 g/mol. The van der Waals surface area contributed by atoms with Crippen LogP contribution in [0.5, 0.6) is 5.75 Å². The minimum absolute atomic E-state index is 0.227. The summed E-state index contributed by atoms with van der Waals surface area (Å²) in [6, 6.07) is 26.6. The van der Waals surface area contributed by atoms with Crippen molar-refractivity contribution in [2.75, 3.05) is 11.5 Å². The Hall–Kier alpha value is -4.12. The van der Waals surface area contributed by atoms with Gasteiger partial charge in [-0.1, -0.05) is 60.7 Å². The van der Waals surface area contributed by atoms with E-state index in [9.17, 15) is 9.59 Å². The Kier molecular flexibility index (Phi) is 6.69. The highest BCUT2D eigenvalue weighted by Gasteiger charge is 2.38. The molecule has 1 aliphatic heterocycles. The van der Waals surface area contributed by atoms with Crippen molar-refractivity contribution in [3.8, 4) is 5.75 Å². The van der Waals surface area contributed by atoms with Gasteiger partial charge in [-0.15, -0.1) is 0 Å². The summed E-state index contributed by atoms with van der Waals surface area (Å²) in [5.41, 5.74) is 3.65. The predicted molar refractivity (Wildman–Crippen MR) is 128 cm³/mol. The van der Waals surface area contributed by atoms with Crippen molar-refractivity contribution in [3.63, 3.8) is 0 Å². The molecule has 1 amide bonds. The highest BCUT2D eigenvalue weighted by molar-refractivity contribution is 6.23. The fourth-order valence-corrected chi connectivity index (χ4v) is 3.77. The topological polar surface area (TPSA) is 55.8 Å². The largest absolute Gasteiger partial charge is 0.489 e. The number of para-hydroxylation sites is 1. The van der Waals surface area contributed by atoms with E-state index in [1.54, 1.807) is 24.8 Å². The van der Waals surface area contributed by atoms with E-state index in [0.29, 0.717) is 29.3 Å². The minimum atomic E-state index is -0.510. The number of carbonyl (C=O) groups is 2. The van der Waals surface area contributed by atoms with Gasteiger partial charge in [-0.2, -0.15) is 0 Å². The quantitative estimate of drug-likeness (QED) is 0.359. The second-order valence-corrected chi connectivity index (χ2v) is 7.56. The Bertz CT molecular complexity index is 1210. The Morgan fingerprint density at radius 3 is 2.33 bits per heavy atom. The van der Waals surface area contributed by atoms with Gasteiger partial charge >= 0.3 is 5.97 Å². The number of hydrogen-bond acceptors (Lipinski definition) is 4. The highest BCUT2D eigenvalue weighted by atomic mass is 16.5. The third-order valence-corrected chi connectivity index (χ3v) is 5.31. The summed E-state index contributed by atoms with van der Waals surface area (Å²) in [7, 11) is 0. The number of benzene rings is 3. The van der Waals surface area contributed by atoms with Crippen LogP contribution in [0.4, 0.5) is 5.69 Å². The molecule has 0 aromatic heterocycles.